The Hall–Kier alpha value is -3.40. The molecule has 5 rings (SSSR count). The van der Waals surface area contributed by atoms with Gasteiger partial charge in [-0.15, -0.1) is 0 Å². The molecule has 8 nitrogen and oxygen atoms in total. The van der Waals surface area contributed by atoms with Gasteiger partial charge < -0.3 is 20.3 Å². The van der Waals surface area contributed by atoms with Crippen molar-refractivity contribution in [3.63, 3.8) is 0 Å². The first-order valence-corrected chi connectivity index (χ1v) is 11.4. The van der Waals surface area contributed by atoms with Crippen LogP contribution in [0.3, 0.4) is 0 Å². The Bertz CT molecular complexity index is 1430. The normalized spacial score (nSPS) is 15.5. The van der Waals surface area contributed by atoms with Gasteiger partial charge in [0.25, 0.3) is 10.0 Å². The largest absolute Gasteiger partial charge is 0.491 e. The number of nitrogens with zero attached hydrogens (tertiary/aromatic N) is 2. The van der Waals surface area contributed by atoms with Crippen LogP contribution in [0, 0.1) is 0 Å². The van der Waals surface area contributed by atoms with Crippen LogP contribution in [0.5, 0.6) is 11.6 Å². The van der Waals surface area contributed by atoms with Crippen molar-refractivity contribution in [3.8, 4) is 22.9 Å². The van der Waals surface area contributed by atoms with Gasteiger partial charge >= 0.3 is 0 Å². The maximum Gasteiger partial charge on any atom is 0.268 e. The molecular weight excluding hydrogens is 430 g/mol. The van der Waals surface area contributed by atoms with Gasteiger partial charge in [-0.25, -0.2) is 17.4 Å². The van der Waals surface area contributed by atoms with E-state index < -0.39 is 10.0 Å². The Kier molecular flexibility index (Phi) is 4.89. The lowest BCUT2D eigenvalue weighted by atomic mass is 10.1. The third-order valence-electron chi connectivity index (χ3n) is 5.60. The number of hydrogen-bond acceptors (Lipinski definition) is 7. The molecule has 0 bridgehead atoms. The minimum atomic E-state index is -3.96. The van der Waals surface area contributed by atoms with Crippen LogP contribution in [-0.4, -0.2) is 36.2 Å². The highest BCUT2D eigenvalue weighted by Gasteiger charge is 2.29. The topological polar surface area (TPSA) is 117 Å². The number of benzene rings is 2. The van der Waals surface area contributed by atoms with Crippen molar-refractivity contribution in [1.29, 1.82) is 0 Å². The first-order chi connectivity index (χ1) is 15.5. The van der Waals surface area contributed by atoms with Crippen LogP contribution in [0.15, 0.2) is 65.7 Å². The molecule has 32 heavy (non-hydrogen) atoms. The second-order valence-electron chi connectivity index (χ2n) is 7.50. The number of ether oxygens (including phenoxy) is 2. The molecule has 2 aromatic carbocycles. The van der Waals surface area contributed by atoms with Crippen LogP contribution < -0.4 is 15.2 Å². The smallest absolute Gasteiger partial charge is 0.268 e. The Balaban J connectivity index is 1.84. The number of methoxy groups -OCH3 is 1. The molecule has 1 atom stereocenters. The molecule has 3 N–H and O–H groups in total. The zero-order valence-corrected chi connectivity index (χ0v) is 18.0. The zero-order valence-electron chi connectivity index (χ0n) is 17.2. The van der Waals surface area contributed by atoms with Crippen LogP contribution in [0.2, 0.25) is 0 Å². The molecule has 0 aliphatic carbocycles. The number of aromatic nitrogens is 2. The van der Waals surface area contributed by atoms with E-state index in [9.17, 15) is 13.5 Å². The van der Waals surface area contributed by atoms with E-state index in [1.54, 1.807) is 48.5 Å². The lowest BCUT2D eigenvalue weighted by molar-refractivity contribution is 0.271. The lowest BCUT2D eigenvalue weighted by Crippen LogP contribution is -2.14. The van der Waals surface area contributed by atoms with E-state index in [0.29, 0.717) is 40.1 Å². The highest BCUT2D eigenvalue weighted by molar-refractivity contribution is 7.90. The molecule has 0 saturated carbocycles. The molecule has 0 radical (unpaired) electrons. The maximum absolute atomic E-state index is 13.7. The van der Waals surface area contributed by atoms with E-state index in [1.807, 2.05) is 6.07 Å². The Morgan fingerprint density at radius 3 is 2.72 bits per heavy atom. The molecule has 9 heteroatoms. The van der Waals surface area contributed by atoms with Gasteiger partial charge in [0, 0.05) is 28.3 Å². The van der Waals surface area contributed by atoms with Gasteiger partial charge in [0.2, 0.25) is 5.88 Å². The summed E-state index contributed by atoms with van der Waals surface area (Å²) in [6.45, 7) is 0.0299. The van der Waals surface area contributed by atoms with Crippen molar-refractivity contribution in [2.24, 2.45) is 5.73 Å². The van der Waals surface area contributed by atoms with Crippen molar-refractivity contribution in [2.75, 3.05) is 13.7 Å². The number of rotatable bonds is 5. The maximum atomic E-state index is 13.7. The van der Waals surface area contributed by atoms with E-state index >= 15 is 0 Å². The molecular formula is C23H21N3O5S. The summed E-state index contributed by atoms with van der Waals surface area (Å²) in [6.07, 6.45) is 1.52. The Morgan fingerprint density at radius 2 is 2.00 bits per heavy atom. The molecule has 4 aromatic rings. The summed E-state index contributed by atoms with van der Waals surface area (Å²) < 4.78 is 39.8. The van der Waals surface area contributed by atoms with Crippen molar-refractivity contribution in [2.45, 2.75) is 17.5 Å². The highest BCUT2D eigenvalue weighted by Crippen LogP contribution is 2.42. The predicted molar refractivity (Wildman–Crippen MR) is 119 cm³/mol. The fourth-order valence-corrected chi connectivity index (χ4v) is 5.60. The highest BCUT2D eigenvalue weighted by atomic mass is 32.2. The minimum Gasteiger partial charge on any atom is -0.491 e. The number of hydrogen-bond donors (Lipinski definition) is 2. The molecule has 0 fully saturated rings. The first-order valence-electron chi connectivity index (χ1n) is 9.97. The quantitative estimate of drug-likeness (QED) is 0.479. The van der Waals surface area contributed by atoms with E-state index in [-0.39, 0.29) is 23.4 Å². The summed E-state index contributed by atoms with van der Waals surface area (Å²) in [4.78, 5) is 4.41. The number of pyridine rings is 1. The van der Waals surface area contributed by atoms with Crippen molar-refractivity contribution in [1.82, 2.24) is 8.96 Å². The minimum absolute atomic E-state index is 0.153. The second-order valence-corrected chi connectivity index (χ2v) is 9.28. The second kappa shape index (κ2) is 7.63. The molecule has 0 spiro atoms. The Labute approximate surface area is 184 Å². The van der Waals surface area contributed by atoms with Crippen LogP contribution in [0.25, 0.3) is 22.2 Å². The van der Waals surface area contributed by atoms with Gasteiger partial charge in [0.15, 0.2) is 0 Å². The van der Waals surface area contributed by atoms with Gasteiger partial charge in [0.1, 0.15) is 12.4 Å². The standard InChI is InChI=1S/C23H21N3O5S/c1-30-23-15(12-27)9-14(11-25-23)21-10-18-20(8-7-17-19(24)13-31-22(17)18)26(21)32(28,29)16-5-3-2-4-6-16/h2-11,19,27H,12-13,24H2,1H3. The Morgan fingerprint density at radius 1 is 1.22 bits per heavy atom. The molecule has 0 saturated heterocycles. The van der Waals surface area contributed by atoms with Crippen molar-refractivity contribution < 1.29 is 23.0 Å². The van der Waals surface area contributed by atoms with Gasteiger partial charge in [-0.05, 0) is 30.3 Å². The van der Waals surface area contributed by atoms with Crippen LogP contribution in [0.1, 0.15) is 17.2 Å². The summed E-state index contributed by atoms with van der Waals surface area (Å²) >= 11 is 0. The monoisotopic (exact) mass is 451 g/mol. The van der Waals surface area contributed by atoms with Crippen LogP contribution >= 0.6 is 0 Å². The average Bonchev–Trinajstić information content (AvgIpc) is 3.40. The van der Waals surface area contributed by atoms with Crippen LogP contribution in [0.4, 0.5) is 0 Å². The third kappa shape index (κ3) is 3.05. The summed E-state index contributed by atoms with van der Waals surface area (Å²) in [6, 6.07) is 14.9. The van der Waals surface area contributed by atoms with Gasteiger partial charge in [-0.1, -0.05) is 24.3 Å². The lowest BCUT2D eigenvalue weighted by Gasteiger charge is -2.13. The number of nitrogens with two attached hydrogens (primary N) is 1. The van der Waals surface area contributed by atoms with E-state index in [1.165, 1.54) is 17.3 Å². The molecule has 3 heterocycles. The van der Waals surface area contributed by atoms with Gasteiger partial charge in [-0.2, -0.15) is 0 Å². The fourth-order valence-electron chi connectivity index (χ4n) is 4.06. The molecule has 1 aliphatic heterocycles. The number of aliphatic hydroxyl groups excluding tert-OH is 1. The molecule has 1 aliphatic rings. The van der Waals surface area contributed by atoms with Crippen molar-refractivity contribution in [3.05, 3.63) is 71.9 Å². The molecule has 2 aromatic heterocycles. The van der Waals surface area contributed by atoms with Gasteiger partial charge in [0.05, 0.1) is 35.9 Å². The fraction of sp³-hybridized carbons (Fsp3) is 0.174. The molecule has 0 amide bonds. The summed E-state index contributed by atoms with van der Waals surface area (Å²) in [7, 11) is -2.50. The van der Waals surface area contributed by atoms with Crippen LogP contribution in [-0.2, 0) is 16.6 Å². The van der Waals surface area contributed by atoms with E-state index in [2.05, 4.69) is 4.98 Å². The predicted octanol–water partition coefficient (Wildman–Crippen LogP) is 2.83. The summed E-state index contributed by atoms with van der Waals surface area (Å²) in [5, 5.41) is 10.4. The van der Waals surface area contributed by atoms with Crippen molar-refractivity contribution >= 4 is 20.9 Å². The van der Waals surface area contributed by atoms with E-state index in [0.717, 1.165) is 5.56 Å². The SMILES string of the molecule is COc1ncc(-c2cc3c4c(ccc3n2S(=O)(=O)c2ccccc2)C(N)CO4)cc1CO. The summed E-state index contributed by atoms with van der Waals surface area (Å²) in [5.41, 5.74) is 8.80. The molecule has 164 valence electrons. The average molecular weight is 452 g/mol. The summed E-state index contributed by atoms with van der Waals surface area (Å²) in [5.74, 6) is 0.863. The molecule has 1 unspecified atom stereocenters. The number of aliphatic hydroxyl groups is 1. The number of fused-ring (bicyclic) bond motifs is 3. The first kappa shape index (κ1) is 20.5. The van der Waals surface area contributed by atoms with E-state index in [4.69, 9.17) is 15.2 Å². The van der Waals surface area contributed by atoms with Gasteiger partial charge in [-0.3, -0.25) is 0 Å². The third-order valence-corrected chi connectivity index (χ3v) is 7.34. The zero-order chi connectivity index (χ0) is 22.5.